The number of rotatable bonds is 4. The van der Waals surface area contributed by atoms with Crippen LogP contribution in [0, 0.1) is 23.1 Å². The van der Waals surface area contributed by atoms with Crippen LogP contribution in [0.4, 0.5) is 4.39 Å². The maximum Gasteiger partial charge on any atom is 0.307 e. The summed E-state index contributed by atoms with van der Waals surface area (Å²) in [5, 5.41) is 20.7. The van der Waals surface area contributed by atoms with E-state index in [4.69, 9.17) is 16.0 Å². The third-order valence-electron chi connectivity index (χ3n) is 7.50. The molecule has 2 atom stereocenters. The first-order chi connectivity index (χ1) is 17.4. The number of nitriles is 1. The van der Waals surface area contributed by atoms with E-state index in [1.807, 2.05) is 24.3 Å². The largest absolute Gasteiger partial charge is 0.481 e. The number of hydrogen-bond acceptors (Lipinski definition) is 4. The third-order valence-corrected chi connectivity index (χ3v) is 7.90. The Balaban J connectivity index is 1.42. The Labute approximate surface area is 212 Å². The summed E-state index contributed by atoms with van der Waals surface area (Å²) >= 11 is 6.78. The van der Waals surface area contributed by atoms with Gasteiger partial charge in [-0.05, 0) is 72.8 Å². The number of benzene rings is 3. The first kappa shape index (κ1) is 22.8. The first-order valence-electron chi connectivity index (χ1n) is 12.0. The molecule has 2 aliphatic rings. The van der Waals surface area contributed by atoms with Gasteiger partial charge < -0.3 is 9.52 Å². The van der Waals surface area contributed by atoms with Gasteiger partial charge in [-0.25, -0.2) is 4.39 Å². The molecule has 6 rings (SSSR count). The molecule has 1 saturated heterocycles. The van der Waals surface area contributed by atoms with Crippen molar-refractivity contribution in [1.82, 2.24) is 4.90 Å². The lowest BCUT2D eigenvalue weighted by Gasteiger charge is -2.24. The molecule has 1 aliphatic carbocycles. The molecule has 4 aromatic rings. The number of carbonyl (C=O) groups is 1. The number of furan rings is 1. The summed E-state index contributed by atoms with van der Waals surface area (Å²) in [4.78, 5) is 13.7. The van der Waals surface area contributed by atoms with Crippen LogP contribution in [0.25, 0.3) is 33.4 Å². The first-order valence-corrected chi connectivity index (χ1v) is 12.3. The fraction of sp³-hybridized carbons (Fsp3) is 0.241. The summed E-state index contributed by atoms with van der Waals surface area (Å²) in [7, 11) is 0. The van der Waals surface area contributed by atoms with Gasteiger partial charge >= 0.3 is 5.97 Å². The van der Waals surface area contributed by atoms with Crippen molar-refractivity contribution < 1.29 is 18.7 Å². The van der Waals surface area contributed by atoms with Gasteiger partial charge in [0.15, 0.2) is 5.58 Å². The topological polar surface area (TPSA) is 77.5 Å². The van der Waals surface area contributed by atoms with Crippen LogP contribution in [0.3, 0.4) is 0 Å². The minimum Gasteiger partial charge on any atom is -0.481 e. The average Bonchev–Trinajstić information content (AvgIpc) is 3.60. The second-order valence-corrected chi connectivity index (χ2v) is 9.89. The fourth-order valence-corrected chi connectivity index (χ4v) is 6.08. The van der Waals surface area contributed by atoms with Crippen LogP contribution >= 0.6 is 11.6 Å². The molecular weight excluding hydrogens is 479 g/mol. The number of hydrogen-bond donors (Lipinski definition) is 1. The van der Waals surface area contributed by atoms with E-state index >= 15 is 0 Å². The second-order valence-electron chi connectivity index (χ2n) is 9.51. The summed E-state index contributed by atoms with van der Waals surface area (Å²) in [6.45, 7) is 1.26. The Morgan fingerprint density at radius 1 is 1.14 bits per heavy atom. The highest BCUT2D eigenvalue weighted by molar-refractivity contribution is 6.36. The van der Waals surface area contributed by atoms with Crippen LogP contribution in [0.5, 0.6) is 0 Å². The molecule has 0 bridgehead atoms. The highest BCUT2D eigenvalue weighted by Crippen LogP contribution is 2.45. The van der Waals surface area contributed by atoms with Gasteiger partial charge in [-0.15, -0.1) is 0 Å². The Morgan fingerprint density at radius 3 is 2.69 bits per heavy atom. The lowest BCUT2D eigenvalue weighted by molar-refractivity contribution is -0.141. The molecule has 0 spiro atoms. The van der Waals surface area contributed by atoms with Gasteiger partial charge in [0, 0.05) is 29.1 Å². The predicted octanol–water partition coefficient (Wildman–Crippen LogP) is 6.82. The van der Waals surface area contributed by atoms with E-state index in [1.54, 1.807) is 12.1 Å². The summed E-state index contributed by atoms with van der Waals surface area (Å²) in [6.07, 6.45) is 2.25. The Morgan fingerprint density at radius 2 is 1.94 bits per heavy atom. The van der Waals surface area contributed by atoms with Gasteiger partial charge in [0.1, 0.15) is 17.6 Å². The van der Waals surface area contributed by atoms with Crippen LogP contribution in [-0.2, 0) is 11.2 Å². The molecule has 1 aliphatic heterocycles. The molecule has 1 aromatic heterocycles. The maximum absolute atomic E-state index is 13.8. The summed E-state index contributed by atoms with van der Waals surface area (Å²) < 4.78 is 20.1. The molecule has 1 fully saturated rings. The monoisotopic (exact) mass is 500 g/mol. The summed E-state index contributed by atoms with van der Waals surface area (Å²) in [5.74, 6) is -0.896. The van der Waals surface area contributed by atoms with Crippen molar-refractivity contribution in [3.05, 3.63) is 82.1 Å². The lowest BCUT2D eigenvalue weighted by Crippen LogP contribution is -2.26. The Kier molecular flexibility index (Phi) is 5.55. The quantitative estimate of drug-likeness (QED) is 0.332. The maximum atomic E-state index is 13.8. The van der Waals surface area contributed by atoms with Crippen molar-refractivity contribution in [2.75, 3.05) is 13.1 Å². The number of carboxylic acid groups (broad SMARTS) is 1. The fourth-order valence-electron chi connectivity index (χ4n) is 5.75. The molecule has 1 N–H and O–H groups in total. The van der Waals surface area contributed by atoms with Crippen LogP contribution in [-0.4, -0.2) is 29.1 Å². The van der Waals surface area contributed by atoms with E-state index in [0.717, 1.165) is 35.9 Å². The van der Waals surface area contributed by atoms with Crippen molar-refractivity contribution in [3.8, 4) is 28.5 Å². The summed E-state index contributed by atoms with van der Waals surface area (Å²) in [5.41, 5.74) is 5.15. The zero-order chi connectivity index (χ0) is 25.0. The molecule has 5 nitrogen and oxygen atoms in total. The number of aliphatic carboxylic acids is 1. The zero-order valence-electron chi connectivity index (χ0n) is 19.3. The number of halogens is 2. The smallest absolute Gasteiger partial charge is 0.307 e. The Hall–Kier alpha value is -3.66. The zero-order valence-corrected chi connectivity index (χ0v) is 20.1. The number of likely N-dealkylation sites (tertiary alicyclic amines) is 1. The molecule has 2 heterocycles. The molecule has 0 radical (unpaired) electrons. The van der Waals surface area contributed by atoms with Crippen LogP contribution in [0.2, 0.25) is 5.02 Å². The van der Waals surface area contributed by atoms with E-state index in [0.29, 0.717) is 51.6 Å². The van der Waals surface area contributed by atoms with Gasteiger partial charge in [0.2, 0.25) is 0 Å². The molecule has 3 aromatic carbocycles. The lowest BCUT2D eigenvalue weighted by atomic mass is 9.99. The van der Waals surface area contributed by atoms with E-state index in [-0.39, 0.29) is 17.8 Å². The van der Waals surface area contributed by atoms with Gasteiger partial charge in [0.05, 0.1) is 16.5 Å². The SMILES string of the molecule is N#Cc1c2c(cc3cc(-c4cccc(-c5cccc(F)c5)c4Cl)oc13)[C@H](N1CC[C@@H](C(=O)O)C1)CC2. The van der Waals surface area contributed by atoms with Crippen molar-refractivity contribution >= 4 is 28.5 Å². The standard InChI is InChI=1S/C29H22ClFN2O3/c30-27-20(16-3-1-4-19(31)11-16)5-2-6-22(27)26-13-18-12-23-21(24(14-32)28(18)36-26)7-8-25(23)33-10-9-17(15-33)29(34)35/h1-6,11-13,17,25H,7-10,15H2,(H,34,35)/t17-,25-/m1/s1. The van der Waals surface area contributed by atoms with E-state index in [9.17, 15) is 19.6 Å². The highest BCUT2D eigenvalue weighted by atomic mass is 35.5. The van der Waals surface area contributed by atoms with Crippen LogP contribution in [0.1, 0.15) is 35.6 Å². The number of carboxylic acids is 1. The van der Waals surface area contributed by atoms with Crippen molar-refractivity contribution in [1.29, 1.82) is 5.26 Å². The molecule has 180 valence electrons. The van der Waals surface area contributed by atoms with E-state index < -0.39 is 5.97 Å². The second kappa shape index (κ2) is 8.77. The van der Waals surface area contributed by atoms with E-state index in [2.05, 4.69) is 17.0 Å². The summed E-state index contributed by atoms with van der Waals surface area (Å²) in [6, 6.07) is 18.2. The average molecular weight is 501 g/mol. The molecule has 0 amide bonds. The van der Waals surface area contributed by atoms with Gasteiger partial charge in [0.25, 0.3) is 0 Å². The minimum absolute atomic E-state index is 0.0964. The van der Waals surface area contributed by atoms with Gasteiger partial charge in [-0.1, -0.05) is 35.9 Å². The third kappa shape index (κ3) is 3.67. The molecule has 7 heteroatoms. The molecular formula is C29H22ClFN2O3. The van der Waals surface area contributed by atoms with Crippen LogP contribution in [0.15, 0.2) is 59.0 Å². The highest BCUT2D eigenvalue weighted by Gasteiger charge is 2.37. The van der Waals surface area contributed by atoms with Crippen molar-refractivity contribution in [2.45, 2.75) is 25.3 Å². The minimum atomic E-state index is -0.749. The van der Waals surface area contributed by atoms with E-state index in [1.165, 1.54) is 12.1 Å². The van der Waals surface area contributed by atoms with Crippen LogP contribution < -0.4 is 0 Å². The molecule has 0 saturated carbocycles. The normalized spacial score (nSPS) is 19.5. The van der Waals surface area contributed by atoms with Crippen molar-refractivity contribution in [2.24, 2.45) is 5.92 Å². The number of nitrogens with zero attached hydrogens (tertiary/aromatic N) is 2. The Bertz CT molecular complexity index is 1570. The van der Waals surface area contributed by atoms with Gasteiger partial charge in [-0.3, -0.25) is 9.69 Å². The number of fused-ring (bicyclic) bond motifs is 2. The molecule has 0 unspecified atom stereocenters. The van der Waals surface area contributed by atoms with Gasteiger partial charge in [-0.2, -0.15) is 5.26 Å². The molecule has 36 heavy (non-hydrogen) atoms. The van der Waals surface area contributed by atoms with Crippen molar-refractivity contribution in [3.63, 3.8) is 0 Å². The predicted molar refractivity (Wildman–Crippen MR) is 135 cm³/mol.